The number of benzene rings is 1. The number of aryl methyl sites for hydroxylation is 2. The Morgan fingerprint density at radius 3 is 2.69 bits per heavy atom. The molecule has 2 aliphatic rings. The van der Waals surface area contributed by atoms with Crippen LogP contribution < -0.4 is 5.56 Å². The van der Waals surface area contributed by atoms with E-state index in [4.69, 9.17) is 0 Å². The number of hydrogen-bond acceptors (Lipinski definition) is 4. The third-order valence-electron chi connectivity index (χ3n) is 6.43. The second-order valence-corrected chi connectivity index (χ2v) is 8.63. The van der Waals surface area contributed by atoms with Gasteiger partial charge in [0.25, 0.3) is 11.5 Å². The van der Waals surface area contributed by atoms with E-state index < -0.39 is 0 Å². The summed E-state index contributed by atoms with van der Waals surface area (Å²) in [7, 11) is 1.58. The lowest BCUT2D eigenvalue weighted by atomic mass is 9.79. The van der Waals surface area contributed by atoms with Gasteiger partial charge in [-0.1, -0.05) is 30.3 Å². The summed E-state index contributed by atoms with van der Waals surface area (Å²) in [5.41, 5.74) is 1.78. The second kappa shape index (κ2) is 8.49. The first-order valence-electron chi connectivity index (χ1n) is 10.6. The van der Waals surface area contributed by atoms with Gasteiger partial charge in [0.2, 0.25) is 0 Å². The van der Waals surface area contributed by atoms with Crippen LogP contribution in [0.4, 0.5) is 0 Å². The highest BCUT2D eigenvalue weighted by atomic mass is 16.2. The quantitative estimate of drug-likeness (QED) is 0.781. The van der Waals surface area contributed by atoms with Crippen LogP contribution in [0, 0.1) is 5.41 Å². The van der Waals surface area contributed by atoms with Crippen molar-refractivity contribution in [1.82, 2.24) is 19.6 Å². The predicted molar refractivity (Wildman–Crippen MR) is 113 cm³/mol. The molecule has 2 aliphatic heterocycles. The molecule has 6 heteroatoms. The van der Waals surface area contributed by atoms with Crippen molar-refractivity contribution in [2.24, 2.45) is 12.5 Å². The monoisotopic (exact) mass is 394 g/mol. The fourth-order valence-electron chi connectivity index (χ4n) is 4.87. The summed E-state index contributed by atoms with van der Waals surface area (Å²) < 4.78 is 1.23. The molecule has 1 spiro atoms. The van der Waals surface area contributed by atoms with Crippen LogP contribution >= 0.6 is 0 Å². The van der Waals surface area contributed by atoms with Crippen molar-refractivity contribution in [3.05, 3.63) is 64.1 Å². The summed E-state index contributed by atoms with van der Waals surface area (Å²) in [6.07, 6.45) is 5.73. The van der Waals surface area contributed by atoms with Crippen LogP contribution in [0.5, 0.6) is 0 Å². The summed E-state index contributed by atoms with van der Waals surface area (Å²) in [4.78, 5) is 28.9. The first-order valence-corrected chi connectivity index (χ1v) is 10.6. The fraction of sp³-hybridized carbons (Fsp3) is 0.522. The largest absolute Gasteiger partial charge is 0.337 e. The topological polar surface area (TPSA) is 58.4 Å². The van der Waals surface area contributed by atoms with Gasteiger partial charge >= 0.3 is 0 Å². The molecule has 2 saturated heterocycles. The number of amides is 1. The molecule has 2 fully saturated rings. The number of carbonyl (C=O) groups excluding carboxylic acids is 1. The Morgan fingerprint density at radius 2 is 1.90 bits per heavy atom. The molecule has 1 atom stereocenters. The Balaban J connectivity index is 1.33. The van der Waals surface area contributed by atoms with E-state index in [1.807, 2.05) is 4.90 Å². The first-order chi connectivity index (χ1) is 14.0. The number of hydrogen-bond donors (Lipinski definition) is 0. The minimum atomic E-state index is -0.196. The van der Waals surface area contributed by atoms with Gasteiger partial charge in [-0.3, -0.25) is 9.59 Å². The van der Waals surface area contributed by atoms with Crippen LogP contribution in [-0.2, 0) is 13.5 Å². The van der Waals surface area contributed by atoms with Crippen molar-refractivity contribution >= 4 is 5.91 Å². The Kier molecular flexibility index (Phi) is 5.81. The van der Waals surface area contributed by atoms with E-state index in [-0.39, 0.29) is 16.9 Å². The molecule has 0 aliphatic carbocycles. The van der Waals surface area contributed by atoms with Gasteiger partial charge in [0.1, 0.15) is 5.69 Å². The molecule has 0 saturated carbocycles. The maximum Gasteiger partial charge on any atom is 0.274 e. The molecule has 29 heavy (non-hydrogen) atoms. The molecule has 2 aromatic rings. The van der Waals surface area contributed by atoms with Gasteiger partial charge in [0.05, 0.1) is 0 Å². The summed E-state index contributed by atoms with van der Waals surface area (Å²) in [5, 5.41) is 4.14. The fourth-order valence-corrected chi connectivity index (χ4v) is 4.87. The zero-order valence-electron chi connectivity index (χ0n) is 17.2. The molecule has 3 heterocycles. The smallest absolute Gasteiger partial charge is 0.274 e. The highest BCUT2D eigenvalue weighted by Crippen LogP contribution is 2.39. The van der Waals surface area contributed by atoms with Crippen LogP contribution in [0.3, 0.4) is 0 Å². The lowest BCUT2D eigenvalue weighted by Gasteiger charge is -2.40. The summed E-state index contributed by atoms with van der Waals surface area (Å²) in [6, 6.07) is 13.6. The third kappa shape index (κ3) is 4.58. The van der Waals surface area contributed by atoms with Gasteiger partial charge in [-0.25, -0.2) is 4.68 Å². The lowest BCUT2D eigenvalue weighted by molar-refractivity contribution is 0.0681. The van der Waals surface area contributed by atoms with E-state index in [1.165, 1.54) is 35.6 Å². The highest BCUT2D eigenvalue weighted by molar-refractivity contribution is 5.92. The van der Waals surface area contributed by atoms with E-state index in [9.17, 15) is 9.59 Å². The van der Waals surface area contributed by atoms with E-state index in [0.717, 1.165) is 45.6 Å². The lowest BCUT2D eigenvalue weighted by Crippen LogP contribution is -2.45. The van der Waals surface area contributed by atoms with Gasteiger partial charge in [0.15, 0.2) is 0 Å². The first kappa shape index (κ1) is 19.8. The van der Waals surface area contributed by atoms with Gasteiger partial charge in [-0.05, 0) is 56.8 Å². The van der Waals surface area contributed by atoms with E-state index in [1.54, 1.807) is 13.1 Å². The number of likely N-dealkylation sites (tertiary alicyclic amines) is 2. The van der Waals surface area contributed by atoms with Crippen LogP contribution in [0.1, 0.15) is 41.7 Å². The number of piperidine rings is 1. The maximum atomic E-state index is 12.9. The molecule has 0 unspecified atom stereocenters. The predicted octanol–water partition coefficient (Wildman–Crippen LogP) is 2.34. The van der Waals surface area contributed by atoms with Crippen LogP contribution in [0.25, 0.3) is 0 Å². The molecule has 154 valence electrons. The maximum absolute atomic E-state index is 12.9. The Labute approximate surface area is 172 Å². The van der Waals surface area contributed by atoms with Crippen molar-refractivity contribution in [2.75, 3.05) is 32.7 Å². The summed E-state index contributed by atoms with van der Waals surface area (Å²) in [6.45, 7) is 4.93. The zero-order chi connectivity index (χ0) is 20.3. The number of carbonyl (C=O) groups is 1. The molecule has 6 nitrogen and oxygen atoms in total. The number of aromatic nitrogens is 2. The van der Waals surface area contributed by atoms with Gasteiger partial charge in [-0.2, -0.15) is 5.10 Å². The minimum absolute atomic E-state index is 0.0568. The van der Waals surface area contributed by atoms with Gasteiger partial charge < -0.3 is 9.80 Å². The molecular formula is C23H30N4O2. The van der Waals surface area contributed by atoms with Crippen LogP contribution in [-0.4, -0.2) is 58.2 Å². The van der Waals surface area contributed by atoms with Gasteiger partial charge in [0, 0.05) is 38.2 Å². The SMILES string of the molecule is Cn1nc(C(=O)N2CC[C@@]3(CCCN(CCCc4ccccc4)C3)C2)ccc1=O. The summed E-state index contributed by atoms with van der Waals surface area (Å²) in [5.74, 6) is -0.0568. The van der Waals surface area contributed by atoms with Crippen molar-refractivity contribution < 1.29 is 4.79 Å². The molecule has 4 rings (SSSR count). The minimum Gasteiger partial charge on any atom is -0.337 e. The van der Waals surface area contributed by atoms with Gasteiger partial charge in [-0.15, -0.1) is 0 Å². The summed E-state index contributed by atoms with van der Waals surface area (Å²) >= 11 is 0. The zero-order valence-corrected chi connectivity index (χ0v) is 17.2. The van der Waals surface area contributed by atoms with Crippen molar-refractivity contribution in [3.8, 4) is 0 Å². The van der Waals surface area contributed by atoms with E-state index in [2.05, 4.69) is 40.3 Å². The molecule has 0 bridgehead atoms. The molecule has 1 amide bonds. The Hall–Kier alpha value is -2.47. The average Bonchev–Trinajstić information content (AvgIpc) is 3.13. The van der Waals surface area contributed by atoms with E-state index in [0.29, 0.717) is 5.69 Å². The highest BCUT2D eigenvalue weighted by Gasteiger charge is 2.43. The third-order valence-corrected chi connectivity index (χ3v) is 6.43. The average molecular weight is 395 g/mol. The van der Waals surface area contributed by atoms with Crippen molar-refractivity contribution in [3.63, 3.8) is 0 Å². The normalized spacial score (nSPS) is 22.3. The Morgan fingerprint density at radius 1 is 1.07 bits per heavy atom. The molecule has 0 N–H and O–H groups in total. The van der Waals surface area contributed by atoms with Crippen molar-refractivity contribution in [1.29, 1.82) is 0 Å². The number of nitrogens with zero attached hydrogens (tertiary/aromatic N) is 4. The van der Waals surface area contributed by atoms with Crippen LogP contribution in [0.15, 0.2) is 47.3 Å². The standard InChI is InChI=1S/C23H30N4O2/c1-25-21(28)11-10-20(24-25)22(29)27-16-13-23(18-27)12-6-15-26(17-23)14-5-9-19-7-3-2-4-8-19/h2-4,7-8,10-11H,5-6,9,12-18H2,1H3/t23-/m1/s1. The van der Waals surface area contributed by atoms with Crippen LogP contribution in [0.2, 0.25) is 0 Å². The molecular weight excluding hydrogens is 364 g/mol. The van der Waals surface area contributed by atoms with Crippen molar-refractivity contribution in [2.45, 2.75) is 32.1 Å². The second-order valence-electron chi connectivity index (χ2n) is 8.63. The number of rotatable bonds is 5. The molecule has 0 radical (unpaired) electrons. The molecule has 1 aromatic carbocycles. The van der Waals surface area contributed by atoms with E-state index >= 15 is 0 Å². The Bertz CT molecular complexity index is 911. The molecule has 1 aromatic heterocycles.